The summed E-state index contributed by atoms with van der Waals surface area (Å²) >= 11 is 0. The predicted molar refractivity (Wildman–Crippen MR) is 122 cm³/mol. The number of pyridine rings is 2. The molecule has 0 atom stereocenters. The Morgan fingerprint density at radius 2 is 1.50 bits per heavy atom. The number of rotatable bonds is 4. The van der Waals surface area contributed by atoms with Gasteiger partial charge in [-0.1, -0.05) is 24.3 Å². The molecule has 2 N–H and O–H groups in total. The standard InChI is InChI=1S/C26H17F2N3O/c27-18-4-8-23(28)22(14-18)26-15-19(9-11-29-26)31-24-10-12-30-25-13-17(3-7-21(24)25)16-1-5-20(32)6-2-16/h1-15,32H,(H,29,30,31). The molecular formula is C26H17F2N3O. The first kappa shape index (κ1) is 19.6. The predicted octanol–water partition coefficient (Wildman–Crippen LogP) is 6.69. The fourth-order valence-corrected chi connectivity index (χ4v) is 3.60. The molecule has 4 nitrogen and oxygen atoms in total. The minimum atomic E-state index is -0.535. The lowest BCUT2D eigenvalue weighted by molar-refractivity contribution is 0.475. The van der Waals surface area contributed by atoms with E-state index in [1.165, 1.54) is 0 Å². The highest BCUT2D eigenvalue weighted by molar-refractivity contribution is 5.95. The molecule has 5 rings (SSSR count). The van der Waals surface area contributed by atoms with Crippen LogP contribution in [0.5, 0.6) is 5.75 Å². The maximum Gasteiger partial charge on any atom is 0.132 e. The van der Waals surface area contributed by atoms with Crippen LogP contribution in [0, 0.1) is 11.6 Å². The quantitative estimate of drug-likeness (QED) is 0.337. The first-order valence-electron chi connectivity index (χ1n) is 9.93. The molecule has 0 unspecified atom stereocenters. The van der Waals surface area contributed by atoms with E-state index < -0.39 is 11.6 Å². The normalized spacial score (nSPS) is 10.9. The van der Waals surface area contributed by atoms with Crippen molar-refractivity contribution in [2.75, 3.05) is 5.32 Å². The molecule has 32 heavy (non-hydrogen) atoms. The highest BCUT2D eigenvalue weighted by Gasteiger charge is 2.10. The number of hydrogen-bond donors (Lipinski definition) is 2. The lowest BCUT2D eigenvalue weighted by atomic mass is 10.0. The number of fused-ring (bicyclic) bond motifs is 1. The number of phenols is 1. The SMILES string of the molecule is Oc1ccc(-c2ccc3c(Nc4ccnc(-c5cc(F)ccc5F)c4)ccnc3c2)cc1. The molecule has 0 radical (unpaired) electrons. The minimum absolute atomic E-state index is 0.103. The van der Waals surface area contributed by atoms with Gasteiger partial charge in [-0.25, -0.2) is 8.78 Å². The molecule has 3 aromatic carbocycles. The van der Waals surface area contributed by atoms with Crippen LogP contribution in [0.4, 0.5) is 20.2 Å². The molecule has 0 fully saturated rings. The van der Waals surface area contributed by atoms with Crippen LogP contribution in [0.15, 0.2) is 91.3 Å². The molecule has 0 aliphatic carbocycles. The third kappa shape index (κ3) is 3.86. The van der Waals surface area contributed by atoms with Crippen molar-refractivity contribution in [3.05, 3.63) is 103 Å². The number of benzene rings is 3. The molecule has 2 aromatic heterocycles. The van der Waals surface area contributed by atoms with E-state index in [1.54, 1.807) is 36.7 Å². The van der Waals surface area contributed by atoms with Gasteiger partial charge in [0.1, 0.15) is 17.4 Å². The molecule has 5 aromatic rings. The van der Waals surface area contributed by atoms with Crippen molar-refractivity contribution in [3.8, 4) is 28.1 Å². The lowest BCUT2D eigenvalue weighted by Crippen LogP contribution is -1.95. The Balaban J connectivity index is 1.49. The van der Waals surface area contributed by atoms with Crippen LogP contribution in [-0.2, 0) is 0 Å². The molecule has 0 spiro atoms. The average Bonchev–Trinajstić information content (AvgIpc) is 2.81. The molecule has 0 saturated heterocycles. The molecule has 0 saturated carbocycles. The summed E-state index contributed by atoms with van der Waals surface area (Å²) in [6.45, 7) is 0. The van der Waals surface area contributed by atoms with Gasteiger partial charge in [-0.3, -0.25) is 9.97 Å². The zero-order valence-electron chi connectivity index (χ0n) is 16.8. The summed E-state index contributed by atoms with van der Waals surface area (Å²) in [5, 5.41) is 13.7. The smallest absolute Gasteiger partial charge is 0.132 e. The number of halogens is 2. The topological polar surface area (TPSA) is 58.0 Å². The largest absolute Gasteiger partial charge is 0.508 e. The number of aromatic hydroxyl groups is 1. The molecule has 2 heterocycles. The molecular weight excluding hydrogens is 408 g/mol. The first-order valence-corrected chi connectivity index (χ1v) is 9.93. The Morgan fingerprint density at radius 3 is 2.34 bits per heavy atom. The molecule has 0 bridgehead atoms. The second-order valence-electron chi connectivity index (χ2n) is 7.32. The summed E-state index contributed by atoms with van der Waals surface area (Å²) in [6, 6.07) is 21.5. The van der Waals surface area contributed by atoms with E-state index in [0.29, 0.717) is 11.4 Å². The Labute approximate surface area is 182 Å². The number of nitrogens with zero attached hydrogens (tertiary/aromatic N) is 2. The van der Waals surface area contributed by atoms with Crippen molar-refractivity contribution in [1.29, 1.82) is 0 Å². The first-order chi connectivity index (χ1) is 15.6. The van der Waals surface area contributed by atoms with Crippen LogP contribution >= 0.6 is 0 Å². The number of aromatic nitrogens is 2. The third-order valence-corrected chi connectivity index (χ3v) is 5.19. The van der Waals surface area contributed by atoms with Crippen molar-refractivity contribution in [2.24, 2.45) is 0 Å². The zero-order valence-corrected chi connectivity index (χ0v) is 16.8. The van der Waals surface area contributed by atoms with Crippen molar-refractivity contribution >= 4 is 22.3 Å². The second-order valence-corrected chi connectivity index (χ2v) is 7.32. The molecule has 0 amide bonds. The van der Waals surface area contributed by atoms with E-state index in [2.05, 4.69) is 15.3 Å². The lowest BCUT2D eigenvalue weighted by Gasteiger charge is -2.12. The van der Waals surface area contributed by atoms with Gasteiger partial charge >= 0.3 is 0 Å². The average molecular weight is 425 g/mol. The third-order valence-electron chi connectivity index (χ3n) is 5.19. The molecule has 0 aliphatic rings. The van der Waals surface area contributed by atoms with Gasteiger partial charge in [0.2, 0.25) is 0 Å². The fraction of sp³-hybridized carbons (Fsp3) is 0. The van der Waals surface area contributed by atoms with Gasteiger partial charge in [0.15, 0.2) is 0 Å². The zero-order chi connectivity index (χ0) is 22.1. The van der Waals surface area contributed by atoms with Crippen LogP contribution < -0.4 is 5.32 Å². The van der Waals surface area contributed by atoms with E-state index >= 15 is 0 Å². The van der Waals surface area contributed by atoms with Crippen LogP contribution in [0.3, 0.4) is 0 Å². The molecule has 0 aliphatic heterocycles. The van der Waals surface area contributed by atoms with Crippen LogP contribution in [0.25, 0.3) is 33.3 Å². The van der Waals surface area contributed by atoms with Crippen LogP contribution in [0.2, 0.25) is 0 Å². The van der Waals surface area contributed by atoms with Crippen LogP contribution in [-0.4, -0.2) is 15.1 Å². The van der Waals surface area contributed by atoms with E-state index in [1.807, 2.05) is 36.4 Å². The Bertz CT molecular complexity index is 1440. The maximum atomic E-state index is 14.2. The summed E-state index contributed by atoms with van der Waals surface area (Å²) in [6.07, 6.45) is 3.26. The van der Waals surface area contributed by atoms with Crippen LogP contribution in [0.1, 0.15) is 0 Å². The van der Waals surface area contributed by atoms with Gasteiger partial charge in [0.25, 0.3) is 0 Å². The number of hydrogen-bond acceptors (Lipinski definition) is 4. The number of anilines is 2. The molecule has 156 valence electrons. The summed E-state index contributed by atoms with van der Waals surface area (Å²) in [5.41, 5.74) is 4.70. The summed E-state index contributed by atoms with van der Waals surface area (Å²) < 4.78 is 27.8. The Morgan fingerprint density at radius 1 is 0.719 bits per heavy atom. The van der Waals surface area contributed by atoms with Gasteiger partial charge in [0.05, 0.1) is 11.2 Å². The van der Waals surface area contributed by atoms with Gasteiger partial charge in [-0.15, -0.1) is 0 Å². The molecule has 6 heteroatoms. The van der Waals surface area contributed by atoms with Gasteiger partial charge in [0, 0.05) is 34.7 Å². The second kappa shape index (κ2) is 8.07. The van der Waals surface area contributed by atoms with E-state index in [4.69, 9.17) is 0 Å². The van der Waals surface area contributed by atoms with E-state index in [0.717, 1.165) is 45.9 Å². The van der Waals surface area contributed by atoms with Gasteiger partial charge < -0.3 is 10.4 Å². The van der Waals surface area contributed by atoms with Crippen molar-refractivity contribution in [2.45, 2.75) is 0 Å². The fourth-order valence-electron chi connectivity index (χ4n) is 3.60. The monoisotopic (exact) mass is 425 g/mol. The number of nitrogens with one attached hydrogen (secondary N) is 1. The van der Waals surface area contributed by atoms with Crippen molar-refractivity contribution in [3.63, 3.8) is 0 Å². The Kier molecular flexibility index (Phi) is 4.95. The maximum absolute atomic E-state index is 14.2. The van der Waals surface area contributed by atoms with E-state index in [9.17, 15) is 13.9 Å². The minimum Gasteiger partial charge on any atom is -0.508 e. The van der Waals surface area contributed by atoms with Gasteiger partial charge in [-0.05, 0) is 65.7 Å². The van der Waals surface area contributed by atoms with Crippen molar-refractivity contribution < 1.29 is 13.9 Å². The highest BCUT2D eigenvalue weighted by Crippen LogP contribution is 2.31. The number of phenolic OH excluding ortho intramolecular Hbond substituents is 1. The summed E-state index contributed by atoms with van der Waals surface area (Å²) in [5.74, 6) is -0.840. The Hall–Kier alpha value is -4.32. The highest BCUT2D eigenvalue weighted by atomic mass is 19.1. The van der Waals surface area contributed by atoms with E-state index in [-0.39, 0.29) is 11.3 Å². The summed E-state index contributed by atoms with van der Waals surface area (Å²) in [4.78, 5) is 8.67. The van der Waals surface area contributed by atoms with Gasteiger partial charge in [-0.2, -0.15) is 0 Å². The summed E-state index contributed by atoms with van der Waals surface area (Å²) in [7, 11) is 0. The van der Waals surface area contributed by atoms with Crippen molar-refractivity contribution in [1.82, 2.24) is 9.97 Å².